The predicted molar refractivity (Wildman–Crippen MR) is 71.2 cm³/mol. The molecule has 0 radical (unpaired) electrons. The van der Waals surface area contributed by atoms with Crippen molar-refractivity contribution in [3.05, 3.63) is 52.2 Å². The number of aromatic hydroxyl groups is 1. The van der Waals surface area contributed by atoms with Gasteiger partial charge in [0, 0.05) is 0 Å². The first kappa shape index (κ1) is 12.8. The first-order chi connectivity index (χ1) is 7.77. The van der Waals surface area contributed by atoms with Crippen molar-refractivity contribution < 1.29 is 5.11 Å². The Morgan fingerprint density at radius 2 is 1.44 bits per heavy atom. The van der Waals surface area contributed by atoms with Crippen LogP contribution in [0.5, 0.6) is 5.75 Å². The SMILES string of the molecule is CCc1cscc1CC.Oc1ccccc1. The second-order valence-electron chi connectivity index (χ2n) is 3.46. The van der Waals surface area contributed by atoms with Gasteiger partial charge in [0.25, 0.3) is 0 Å². The summed E-state index contributed by atoms with van der Waals surface area (Å²) in [5.74, 6) is 0.322. The maximum absolute atomic E-state index is 8.63. The fourth-order valence-electron chi connectivity index (χ4n) is 1.40. The van der Waals surface area contributed by atoms with Gasteiger partial charge in [-0.15, -0.1) is 0 Å². The van der Waals surface area contributed by atoms with Gasteiger partial charge in [-0.25, -0.2) is 0 Å². The zero-order chi connectivity index (χ0) is 11.8. The van der Waals surface area contributed by atoms with E-state index < -0.39 is 0 Å². The van der Waals surface area contributed by atoms with Gasteiger partial charge in [-0.2, -0.15) is 11.3 Å². The minimum atomic E-state index is 0.322. The molecule has 2 heteroatoms. The van der Waals surface area contributed by atoms with Gasteiger partial charge >= 0.3 is 0 Å². The Labute approximate surface area is 101 Å². The van der Waals surface area contributed by atoms with Crippen LogP contribution in [0.4, 0.5) is 0 Å². The number of para-hydroxylation sites is 1. The summed E-state index contributed by atoms with van der Waals surface area (Å²) < 4.78 is 0. The van der Waals surface area contributed by atoms with Crippen LogP contribution < -0.4 is 0 Å². The lowest BCUT2D eigenvalue weighted by atomic mass is 10.1. The van der Waals surface area contributed by atoms with Crippen molar-refractivity contribution in [2.75, 3.05) is 0 Å². The smallest absolute Gasteiger partial charge is 0.115 e. The van der Waals surface area contributed by atoms with Crippen LogP contribution in [0.25, 0.3) is 0 Å². The van der Waals surface area contributed by atoms with E-state index >= 15 is 0 Å². The third-order valence-corrected chi connectivity index (χ3v) is 3.19. The molecule has 0 atom stereocenters. The molecule has 86 valence electrons. The fraction of sp³-hybridized carbons (Fsp3) is 0.286. The second kappa shape index (κ2) is 7.07. The molecule has 0 aliphatic heterocycles. The van der Waals surface area contributed by atoms with Gasteiger partial charge in [0.05, 0.1) is 0 Å². The highest BCUT2D eigenvalue weighted by molar-refractivity contribution is 7.08. The van der Waals surface area contributed by atoms with Crippen molar-refractivity contribution in [2.24, 2.45) is 0 Å². The Morgan fingerprint density at radius 3 is 1.75 bits per heavy atom. The van der Waals surface area contributed by atoms with E-state index in [1.54, 1.807) is 24.3 Å². The van der Waals surface area contributed by atoms with Crippen LogP contribution in [0.1, 0.15) is 25.0 Å². The number of phenolic OH excluding ortho intramolecular Hbond substituents is 1. The molecule has 1 heterocycles. The molecule has 1 N–H and O–H groups in total. The average Bonchev–Trinajstić information content (AvgIpc) is 2.78. The molecule has 0 aliphatic carbocycles. The minimum Gasteiger partial charge on any atom is -0.508 e. The Morgan fingerprint density at radius 1 is 0.938 bits per heavy atom. The lowest BCUT2D eigenvalue weighted by Gasteiger charge is -1.93. The molecule has 0 saturated heterocycles. The van der Waals surface area contributed by atoms with Crippen LogP contribution in [-0.4, -0.2) is 5.11 Å². The molecule has 0 amide bonds. The van der Waals surface area contributed by atoms with Crippen LogP contribution in [0.3, 0.4) is 0 Å². The monoisotopic (exact) mass is 234 g/mol. The molecular formula is C14H18OS. The standard InChI is InChI=1S/C8H12S.C6H6O/c1-3-7-5-9-6-8(7)4-2;7-6-4-2-1-3-5-6/h5-6H,3-4H2,1-2H3;1-5,7H. The van der Waals surface area contributed by atoms with Crippen LogP contribution in [0, 0.1) is 0 Å². The van der Waals surface area contributed by atoms with E-state index in [2.05, 4.69) is 24.6 Å². The third kappa shape index (κ3) is 4.07. The third-order valence-electron chi connectivity index (χ3n) is 2.35. The quantitative estimate of drug-likeness (QED) is 0.823. The molecule has 2 rings (SSSR count). The fourth-order valence-corrected chi connectivity index (χ4v) is 2.43. The van der Waals surface area contributed by atoms with Crippen LogP contribution >= 0.6 is 11.3 Å². The van der Waals surface area contributed by atoms with Gasteiger partial charge in [0.1, 0.15) is 5.75 Å². The topological polar surface area (TPSA) is 20.2 Å². The maximum atomic E-state index is 8.63. The molecule has 0 fully saturated rings. The molecule has 0 unspecified atom stereocenters. The van der Waals surface area contributed by atoms with Gasteiger partial charge < -0.3 is 5.11 Å². The zero-order valence-electron chi connectivity index (χ0n) is 9.81. The largest absolute Gasteiger partial charge is 0.508 e. The predicted octanol–water partition coefficient (Wildman–Crippen LogP) is 4.27. The Balaban J connectivity index is 0.000000165. The molecule has 1 aromatic carbocycles. The van der Waals surface area contributed by atoms with E-state index in [1.807, 2.05) is 17.4 Å². The van der Waals surface area contributed by atoms with E-state index in [4.69, 9.17) is 5.11 Å². The van der Waals surface area contributed by atoms with Gasteiger partial charge in [-0.1, -0.05) is 32.0 Å². The van der Waals surface area contributed by atoms with Gasteiger partial charge in [-0.3, -0.25) is 0 Å². The van der Waals surface area contributed by atoms with Gasteiger partial charge in [-0.05, 0) is 46.9 Å². The van der Waals surface area contributed by atoms with Crippen LogP contribution in [0.2, 0.25) is 0 Å². The number of phenols is 1. The number of benzene rings is 1. The summed E-state index contributed by atoms with van der Waals surface area (Å²) in [5, 5.41) is 13.1. The van der Waals surface area contributed by atoms with Crippen LogP contribution in [-0.2, 0) is 12.8 Å². The van der Waals surface area contributed by atoms with E-state index in [0.717, 1.165) is 0 Å². The molecule has 0 spiro atoms. The van der Waals surface area contributed by atoms with E-state index in [9.17, 15) is 0 Å². The summed E-state index contributed by atoms with van der Waals surface area (Å²) in [7, 11) is 0. The summed E-state index contributed by atoms with van der Waals surface area (Å²) in [6, 6.07) is 8.71. The van der Waals surface area contributed by atoms with Crippen LogP contribution in [0.15, 0.2) is 41.1 Å². The normalized spacial score (nSPS) is 9.38. The van der Waals surface area contributed by atoms with E-state index in [1.165, 1.54) is 24.0 Å². The van der Waals surface area contributed by atoms with Gasteiger partial charge in [0.2, 0.25) is 0 Å². The summed E-state index contributed by atoms with van der Waals surface area (Å²) >= 11 is 1.82. The number of thiophene rings is 1. The zero-order valence-corrected chi connectivity index (χ0v) is 10.6. The van der Waals surface area contributed by atoms with Crippen molar-refractivity contribution in [1.29, 1.82) is 0 Å². The number of rotatable bonds is 2. The van der Waals surface area contributed by atoms with Crippen molar-refractivity contribution in [1.82, 2.24) is 0 Å². The van der Waals surface area contributed by atoms with Crippen molar-refractivity contribution in [2.45, 2.75) is 26.7 Å². The second-order valence-corrected chi connectivity index (χ2v) is 4.21. The average molecular weight is 234 g/mol. The lowest BCUT2D eigenvalue weighted by Crippen LogP contribution is -1.81. The molecule has 0 saturated carbocycles. The Hall–Kier alpha value is -1.28. The first-order valence-electron chi connectivity index (χ1n) is 5.55. The summed E-state index contributed by atoms with van der Waals surface area (Å²) in [6.07, 6.45) is 2.37. The summed E-state index contributed by atoms with van der Waals surface area (Å²) in [4.78, 5) is 0. The molecule has 0 aliphatic rings. The maximum Gasteiger partial charge on any atom is 0.115 e. The van der Waals surface area contributed by atoms with Crippen molar-refractivity contribution in [3.63, 3.8) is 0 Å². The van der Waals surface area contributed by atoms with E-state index in [-0.39, 0.29) is 0 Å². The summed E-state index contributed by atoms with van der Waals surface area (Å²) in [6.45, 7) is 4.42. The lowest BCUT2D eigenvalue weighted by molar-refractivity contribution is 0.475. The number of hydrogen-bond donors (Lipinski definition) is 1. The highest BCUT2D eigenvalue weighted by Crippen LogP contribution is 2.15. The molecule has 1 aromatic heterocycles. The summed E-state index contributed by atoms with van der Waals surface area (Å²) in [5.41, 5.74) is 3.06. The van der Waals surface area contributed by atoms with Crippen molar-refractivity contribution in [3.8, 4) is 5.75 Å². The Bertz CT molecular complexity index is 374. The Kier molecular flexibility index (Phi) is 5.65. The number of aryl methyl sites for hydroxylation is 2. The molecular weight excluding hydrogens is 216 g/mol. The number of hydrogen-bond acceptors (Lipinski definition) is 2. The molecule has 1 nitrogen and oxygen atoms in total. The van der Waals surface area contributed by atoms with E-state index in [0.29, 0.717) is 5.75 Å². The molecule has 2 aromatic rings. The molecule has 0 bridgehead atoms. The minimum absolute atomic E-state index is 0.322. The van der Waals surface area contributed by atoms with Gasteiger partial charge in [0.15, 0.2) is 0 Å². The van der Waals surface area contributed by atoms with Crippen molar-refractivity contribution >= 4 is 11.3 Å². The first-order valence-corrected chi connectivity index (χ1v) is 6.50. The molecule has 16 heavy (non-hydrogen) atoms. The highest BCUT2D eigenvalue weighted by Gasteiger charge is 1.96. The highest BCUT2D eigenvalue weighted by atomic mass is 32.1.